The van der Waals surface area contributed by atoms with E-state index in [0.29, 0.717) is 18.8 Å². The summed E-state index contributed by atoms with van der Waals surface area (Å²) in [5.74, 6) is 0.352. The molecule has 0 fully saturated rings. The monoisotopic (exact) mass is 319 g/mol. The number of amides is 4. The van der Waals surface area contributed by atoms with Crippen LogP contribution in [0.4, 0.5) is 15.3 Å². The lowest BCUT2D eigenvalue weighted by molar-refractivity contribution is 0.208. The quantitative estimate of drug-likeness (QED) is 0.880. The van der Waals surface area contributed by atoms with Gasteiger partial charge in [0, 0.05) is 13.1 Å². The van der Waals surface area contributed by atoms with Gasteiger partial charge in [-0.25, -0.2) is 14.5 Å². The zero-order valence-electron chi connectivity index (χ0n) is 15.1. The van der Waals surface area contributed by atoms with Crippen LogP contribution in [0.25, 0.3) is 0 Å². The molecule has 0 saturated heterocycles. The molecule has 5 heteroatoms. The zero-order valence-corrected chi connectivity index (χ0v) is 15.1. The molecule has 0 atom stereocenters. The zero-order chi connectivity index (χ0) is 17.7. The predicted molar refractivity (Wildman–Crippen MR) is 95.0 cm³/mol. The minimum absolute atomic E-state index is 0.176. The average molecular weight is 319 g/mol. The largest absolute Gasteiger partial charge is 0.351 e. The van der Waals surface area contributed by atoms with Crippen molar-refractivity contribution >= 4 is 17.7 Å². The van der Waals surface area contributed by atoms with Crippen molar-refractivity contribution in [2.45, 2.75) is 53.4 Å². The van der Waals surface area contributed by atoms with Gasteiger partial charge in [0.1, 0.15) is 0 Å². The summed E-state index contributed by atoms with van der Waals surface area (Å²) in [5.41, 5.74) is 8.14. The first-order chi connectivity index (χ1) is 10.8. The summed E-state index contributed by atoms with van der Waals surface area (Å²) in [4.78, 5) is 27.7. The summed E-state index contributed by atoms with van der Waals surface area (Å²) in [6, 6.07) is 4.78. The number of carbonyl (C=O) groups is 2. The van der Waals surface area contributed by atoms with Crippen LogP contribution in [0.3, 0.4) is 0 Å². The van der Waals surface area contributed by atoms with Crippen LogP contribution in [0.5, 0.6) is 0 Å². The van der Waals surface area contributed by atoms with E-state index in [0.717, 1.165) is 16.0 Å². The van der Waals surface area contributed by atoms with E-state index in [4.69, 9.17) is 5.73 Å². The first-order valence-electron chi connectivity index (χ1n) is 8.27. The Balaban J connectivity index is 3.59. The van der Waals surface area contributed by atoms with E-state index in [-0.39, 0.29) is 17.9 Å². The summed E-state index contributed by atoms with van der Waals surface area (Å²) in [6.07, 6.45) is 0. The molecule has 0 spiro atoms. The number of nitrogens with two attached hydrogens (primary N) is 1. The van der Waals surface area contributed by atoms with E-state index < -0.39 is 6.03 Å². The van der Waals surface area contributed by atoms with E-state index in [1.807, 2.05) is 59.7 Å². The van der Waals surface area contributed by atoms with Crippen molar-refractivity contribution < 1.29 is 9.59 Å². The van der Waals surface area contributed by atoms with Crippen molar-refractivity contribution in [1.29, 1.82) is 0 Å². The average Bonchev–Trinajstić information content (AvgIpc) is 2.48. The van der Waals surface area contributed by atoms with Crippen LogP contribution < -0.4 is 10.6 Å². The van der Waals surface area contributed by atoms with E-state index in [1.54, 1.807) is 4.90 Å². The third-order valence-corrected chi connectivity index (χ3v) is 4.01. The molecule has 0 unspecified atom stereocenters. The molecular weight excluding hydrogens is 290 g/mol. The number of imide groups is 1. The molecule has 0 bridgehead atoms. The van der Waals surface area contributed by atoms with Gasteiger partial charge in [-0.3, -0.25) is 0 Å². The maximum atomic E-state index is 12.8. The molecule has 23 heavy (non-hydrogen) atoms. The lowest BCUT2D eigenvalue weighted by Gasteiger charge is -2.31. The highest BCUT2D eigenvalue weighted by molar-refractivity contribution is 6.14. The van der Waals surface area contributed by atoms with Crippen LogP contribution in [-0.2, 0) is 0 Å². The number of urea groups is 2. The molecule has 4 amide bonds. The van der Waals surface area contributed by atoms with Gasteiger partial charge in [0.15, 0.2) is 0 Å². The smallest absolute Gasteiger partial charge is 0.332 e. The van der Waals surface area contributed by atoms with Gasteiger partial charge in [0.2, 0.25) is 0 Å². The molecule has 5 nitrogen and oxygen atoms in total. The van der Waals surface area contributed by atoms with Gasteiger partial charge in [-0.2, -0.15) is 0 Å². The minimum Gasteiger partial charge on any atom is -0.351 e. The number of primary amides is 1. The van der Waals surface area contributed by atoms with Crippen LogP contribution in [0.15, 0.2) is 18.2 Å². The molecule has 0 heterocycles. The molecule has 1 rings (SSSR count). The number of anilines is 1. The number of nitrogens with zero attached hydrogens (tertiary/aromatic N) is 2. The summed E-state index contributed by atoms with van der Waals surface area (Å²) in [5, 5.41) is 0. The Hall–Kier alpha value is -2.04. The maximum absolute atomic E-state index is 12.8. The second kappa shape index (κ2) is 7.99. The van der Waals surface area contributed by atoms with E-state index in [1.165, 1.54) is 0 Å². The summed E-state index contributed by atoms with van der Waals surface area (Å²) in [7, 11) is 0. The van der Waals surface area contributed by atoms with Gasteiger partial charge in [0.25, 0.3) is 0 Å². The Kier molecular flexibility index (Phi) is 6.61. The molecule has 0 saturated carbocycles. The fourth-order valence-corrected chi connectivity index (χ4v) is 2.71. The normalized spacial score (nSPS) is 11.0. The van der Waals surface area contributed by atoms with Crippen LogP contribution in [-0.4, -0.2) is 30.1 Å². The van der Waals surface area contributed by atoms with Crippen LogP contribution in [0, 0.1) is 0 Å². The van der Waals surface area contributed by atoms with Gasteiger partial charge < -0.3 is 10.6 Å². The lowest BCUT2D eigenvalue weighted by Crippen LogP contribution is -2.49. The molecular formula is C18H29N3O2. The first-order valence-corrected chi connectivity index (χ1v) is 8.27. The molecule has 2 N–H and O–H groups in total. The highest BCUT2D eigenvalue weighted by atomic mass is 16.2. The number of hydrogen-bond donors (Lipinski definition) is 1. The number of hydrogen-bond acceptors (Lipinski definition) is 2. The third kappa shape index (κ3) is 4.03. The Labute approximate surface area is 139 Å². The topological polar surface area (TPSA) is 66.6 Å². The molecule has 128 valence electrons. The van der Waals surface area contributed by atoms with Crippen LogP contribution >= 0.6 is 0 Å². The van der Waals surface area contributed by atoms with Crippen LogP contribution in [0.1, 0.15) is 64.5 Å². The molecule has 0 aliphatic carbocycles. The van der Waals surface area contributed by atoms with Crippen molar-refractivity contribution in [3.05, 3.63) is 29.3 Å². The fraction of sp³-hybridized carbons (Fsp3) is 0.556. The Morgan fingerprint density at radius 1 is 1.00 bits per heavy atom. The van der Waals surface area contributed by atoms with E-state index in [2.05, 4.69) is 0 Å². The van der Waals surface area contributed by atoms with E-state index >= 15 is 0 Å². The fourth-order valence-electron chi connectivity index (χ4n) is 2.71. The van der Waals surface area contributed by atoms with Crippen molar-refractivity contribution in [2.24, 2.45) is 5.73 Å². The van der Waals surface area contributed by atoms with Gasteiger partial charge in [-0.15, -0.1) is 0 Å². The van der Waals surface area contributed by atoms with Gasteiger partial charge in [0.05, 0.1) is 5.69 Å². The van der Waals surface area contributed by atoms with Crippen molar-refractivity contribution in [3.63, 3.8) is 0 Å². The highest BCUT2D eigenvalue weighted by Gasteiger charge is 2.30. The second-order valence-electron chi connectivity index (χ2n) is 6.22. The SMILES string of the molecule is CCN(CC)C(=O)N(C(N)=O)c1c(C(C)C)cccc1C(C)C. The number of rotatable bonds is 5. The molecule has 0 aliphatic heterocycles. The molecule has 0 radical (unpaired) electrons. The van der Waals surface area contributed by atoms with Gasteiger partial charge in [-0.1, -0.05) is 45.9 Å². The number of carbonyl (C=O) groups excluding carboxylic acids is 2. The summed E-state index contributed by atoms with van der Waals surface area (Å²) in [6.45, 7) is 13.0. The van der Waals surface area contributed by atoms with E-state index in [9.17, 15) is 9.59 Å². The van der Waals surface area contributed by atoms with Crippen molar-refractivity contribution in [2.75, 3.05) is 18.0 Å². The van der Waals surface area contributed by atoms with Gasteiger partial charge >= 0.3 is 12.1 Å². The molecule has 1 aromatic rings. The Morgan fingerprint density at radius 3 is 1.74 bits per heavy atom. The molecule has 0 aliphatic rings. The van der Waals surface area contributed by atoms with Crippen LogP contribution in [0.2, 0.25) is 0 Å². The predicted octanol–water partition coefficient (Wildman–Crippen LogP) is 4.28. The number of para-hydroxylation sites is 1. The van der Waals surface area contributed by atoms with Crippen molar-refractivity contribution in [3.8, 4) is 0 Å². The Morgan fingerprint density at radius 2 is 1.43 bits per heavy atom. The standard InChI is InChI=1S/C18H29N3O2/c1-7-20(8-2)18(23)21(17(19)22)16-14(12(3)4)10-9-11-15(16)13(5)6/h9-13H,7-8H2,1-6H3,(H2,19,22). The first kappa shape index (κ1) is 19.0. The summed E-state index contributed by atoms with van der Waals surface area (Å²) < 4.78 is 0. The third-order valence-electron chi connectivity index (χ3n) is 4.01. The number of benzene rings is 1. The lowest BCUT2D eigenvalue weighted by atomic mass is 9.92. The van der Waals surface area contributed by atoms with Gasteiger partial charge in [-0.05, 0) is 36.8 Å². The van der Waals surface area contributed by atoms with Crippen molar-refractivity contribution in [1.82, 2.24) is 4.90 Å². The maximum Gasteiger partial charge on any atom is 0.332 e. The molecule has 0 aromatic heterocycles. The second-order valence-corrected chi connectivity index (χ2v) is 6.22. The summed E-state index contributed by atoms with van der Waals surface area (Å²) >= 11 is 0. The Bertz CT molecular complexity index is 537. The molecule has 1 aromatic carbocycles. The highest BCUT2D eigenvalue weighted by Crippen LogP contribution is 2.35. The minimum atomic E-state index is -0.739.